The van der Waals surface area contributed by atoms with Crippen LogP contribution in [0.25, 0.3) is 0 Å². The number of nitrogens with one attached hydrogen (secondary N) is 1. The number of hydrazone groups is 1. The minimum Gasteiger partial charge on any atom is -0.460 e. The van der Waals surface area contributed by atoms with Gasteiger partial charge >= 0.3 is 0 Å². The molecule has 0 atom stereocenters. The van der Waals surface area contributed by atoms with E-state index in [1.807, 2.05) is 0 Å². The molecule has 8 heteroatoms. The molecule has 0 saturated carbocycles. The van der Waals surface area contributed by atoms with Gasteiger partial charge in [-0.05, 0) is 37.3 Å². The number of amides is 1. The van der Waals surface area contributed by atoms with E-state index in [-0.39, 0.29) is 10.5 Å². The van der Waals surface area contributed by atoms with Crippen LogP contribution < -0.4 is 5.43 Å². The van der Waals surface area contributed by atoms with Crippen LogP contribution in [0.5, 0.6) is 0 Å². The molecule has 0 bridgehead atoms. The fourth-order valence-corrected chi connectivity index (χ4v) is 2.70. The fourth-order valence-electron chi connectivity index (χ4n) is 1.75. The molecule has 1 N–H and O–H groups in total. The lowest BCUT2D eigenvalue weighted by molar-refractivity contribution is 0.0955. The monoisotopic (exact) mass is 335 g/mol. The van der Waals surface area contributed by atoms with Gasteiger partial charge in [0.1, 0.15) is 11.5 Å². The topological polar surface area (TPSA) is 92.0 Å². The molecule has 7 nitrogen and oxygen atoms in total. The van der Waals surface area contributed by atoms with Crippen LogP contribution in [0, 0.1) is 6.92 Å². The minimum atomic E-state index is -3.59. The van der Waals surface area contributed by atoms with Gasteiger partial charge in [0.25, 0.3) is 5.91 Å². The SMILES string of the molecule is Cc1ccc(/C=N\NC(=O)c2cccc(S(=O)(=O)N(C)C)c2)o1. The summed E-state index contributed by atoms with van der Waals surface area (Å²) in [5.41, 5.74) is 2.52. The van der Waals surface area contributed by atoms with E-state index < -0.39 is 15.9 Å². The van der Waals surface area contributed by atoms with Crippen LogP contribution in [-0.4, -0.2) is 38.9 Å². The van der Waals surface area contributed by atoms with E-state index in [1.165, 1.54) is 44.6 Å². The molecule has 1 amide bonds. The van der Waals surface area contributed by atoms with Crippen molar-refractivity contribution in [1.29, 1.82) is 0 Å². The summed E-state index contributed by atoms with van der Waals surface area (Å²) in [4.78, 5) is 12.1. The van der Waals surface area contributed by atoms with Crippen molar-refractivity contribution in [1.82, 2.24) is 9.73 Å². The average molecular weight is 335 g/mol. The Morgan fingerprint density at radius 3 is 2.61 bits per heavy atom. The molecule has 0 unspecified atom stereocenters. The standard InChI is InChI=1S/C15H17N3O4S/c1-11-7-8-13(22-11)10-16-17-15(19)12-5-4-6-14(9-12)23(20,21)18(2)3/h4-10H,1-3H3,(H,17,19)/b16-10-. The van der Waals surface area contributed by atoms with Crippen LogP contribution in [0.15, 0.2) is 50.8 Å². The maximum absolute atomic E-state index is 12.1. The summed E-state index contributed by atoms with van der Waals surface area (Å²) in [5.74, 6) is 0.728. The first-order chi connectivity index (χ1) is 10.8. The Labute approximate surface area is 134 Å². The highest BCUT2D eigenvalue weighted by Gasteiger charge is 2.18. The number of furan rings is 1. The third-order valence-electron chi connectivity index (χ3n) is 2.99. The number of aryl methyl sites for hydroxylation is 1. The lowest BCUT2D eigenvalue weighted by atomic mass is 10.2. The number of benzene rings is 1. The van der Waals surface area contributed by atoms with E-state index in [0.29, 0.717) is 5.76 Å². The smallest absolute Gasteiger partial charge is 0.271 e. The van der Waals surface area contributed by atoms with Gasteiger partial charge in [0.2, 0.25) is 10.0 Å². The molecule has 1 heterocycles. The number of carbonyl (C=O) groups excluding carboxylic acids is 1. The normalized spacial score (nSPS) is 12.0. The second kappa shape index (κ2) is 6.76. The summed E-state index contributed by atoms with van der Waals surface area (Å²) < 4.78 is 30.5. The first kappa shape index (κ1) is 16.9. The van der Waals surface area contributed by atoms with Crippen molar-refractivity contribution in [3.63, 3.8) is 0 Å². The quantitative estimate of drug-likeness (QED) is 0.663. The molecular formula is C15H17N3O4S. The Balaban J connectivity index is 2.13. The lowest BCUT2D eigenvalue weighted by Gasteiger charge is -2.11. The summed E-state index contributed by atoms with van der Waals surface area (Å²) >= 11 is 0. The van der Waals surface area contributed by atoms with Crippen molar-refractivity contribution in [3.8, 4) is 0 Å². The third kappa shape index (κ3) is 4.05. The van der Waals surface area contributed by atoms with Crippen LogP contribution in [0.3, 0.4) is 0 Å². The van der Waals surface area contributed by atoms with Crippen LogP contribution >= 0.6 is 0 Å². The molecule has 0 aliphatic heterocycles. The summed E-state index contributed by atoms with van der Waals surface area (Å²) in [6.07, 6.45) is 1.37. The first-order valence-corrected chi connectivity index (χ1v) is 8.17. The molecule has 2 aromatic rings. The van der Waals surface area contributed by atoms with Gasteiger partial charge in [0.05, 0.1) is 11.1 Å². The molecule has 0 saturated heterocycles. The molecule has 0 spiro atoms. The van der Waals surface area contributed by atoms with Crippen molar-refractivity contribution in [2.24, 2.45) is 5.10 Å². The molecule has 0 fully saturated rings. The molecule has 122 valence electrons. The summed E-state index contributed by atoms with van der Waals surface area (Å²) in [7, 11) is -0.737. The molecule has 23 heavy (non-hydrogen) atoms. The number of hydrogen-bond acceptors (Lipinski definition) is 5. The predicted octanol–water partition coefficient (Wildman–Crippen LogP) is 1.60. The fraction of sp³-hybridized carbons (Fsp3) is 0.200. The predicted molar refractivity (Wildman–Crippen MR) is 85.8 cm³/mol. The Bertz CT molecular complexity index is 838. The number of carbonyl (C=O) groups is 1. The van der Waals surface area contributed by atoms with E-state index >= 15 is 0 Å². The van der Waals surface area contributed by atoms with Gasteiger partial charge in [0.15, 0.2) is 0 Å². The van der Waals surface area contributed by atoms with E-state index in [9.17, 15) is 13.2 Å². The van der Waals surface area contributed by atoms with Crippen LogP contribution in [0.1, 0.15) is 21.9 Å². The largest absolute Gasteiger partial charge is 0.460 e. The van der Waals surface area contributed by atoms with Crippen molar-refractivity contribution >= 4 is 22.1 Å². The maximum Gasteiger partial charge on any atom is 0.271 e. The zero-order chi connectivity index (χ0) is 17.0. The number of hydrogen-bond donors (Lipinski definition) is 1. The Morgan fingerprint density at radius 1 is 1.26 bits per heavy atom. The second-order valence-corrected chi connectivity index (χ2v) is 7.11. The van der Waals surface area contributed by atoms with Gasteiger partial charge in [-0.1, -0.05) is 6.07 Å². The van der Waals surface area contributed by atoms with Crippen LogP contribution in [0.2, 0.25) is 0 Å². The van der Waals surface area contributed by atoms with E-state index in [1.54, 1.807) is 19.1 Å². The molecule has 2 rings (SSSR count). The first-order valence-electron chi connectivity index (χ1n) is 6.73. The third-order valence-corrected chi connectivity index (χ3v) is 4.80. The Morgan fingerprint density at radius 2 is 2.00 bits per heavy atom. The summed E-state index contributed by atoms with van der Waals surface area (Å²) in [6, 6.07) is 9.24. The van der Waals surface area contributed by atoms with Crippen molar-refractivity contribution in [2.45, 2.75) is 11.8 Å². The molecule has 0 radical (unpaired) electrons. The highest BCUT2D eigenvalue weighted by atomic mass is 32.2. The molecule has 0 aliphatic carbocycles. The minimum absolute atomic E-state index is 0.0424. The number of rotatable bonds is 5. The highest BCUT2D eigenvalue weighted by molar-refractivity contribution is 7.89. The molecule has 1 aromatic heterocycles. The number of sulfonamides is 1. The number of nitrogens with zero attached hydrogens (tertiary/aromatic N) is 2. The van der Waals surface area contributed by atoms with Crippen molar-refractivity contribution < 1.29 is 17.6 Å². The zero-order valence-electron chi connectivity index (χ0n) is 13.0. The van der Waals surface area contributed by atoms with Gasteiger partial charge in [-0.15, -0.1) is 0 Å². The molecule has 0 aliphatic rings. The van der Waals surface area contributed by atoms with E-state index in [2.05, 4.69) is 10.5 Å². The van der Waals surface area contributed by atoms with E-state index in [0.717, 1.165) is 10.1 Å². The lowest BCUT2D eigenvalue weighted by Crippen LogP contribution is -2.23. The Kier molecular flexibility index (Phi) is 4.97. The highest BCUT2D eigenvalue weighted by Crippen LogP contribution is 2.14. The van der Waals surface area contributed by atoms with E-state index in [4.69, 9.17) is 4.42 Å². The Hall–Kier alpha value is -2.45. The van der Waals surface area contributed by atoms with Gasteiger partial charge in [-0.2, -0.15) is 5.10 Å². The van der Waals surface area contributed by atoms with Crippen molar-refractivity contribution in [2.75, 3.05) is 14.1 Å². The summed E-state index contributed by atoms with van der Waals surface area (Å²) in [5, 5.41) is 3.78. The van der Waals surface area contributed by atoms with Gasteiger partial charge in [-0.3, -0.25) is 4.79 Å². The van der Waals surface area contributed by atoms with Crippen LogP contribution in [-0.2, 0) is 10.0 Å². The van der Waals surface area contributed by atoms with Gasteiger partial charge < -0.3 is 4.42 Å². The second-order valence-electron chi connectivity index (χ2n) is 4.96. The van der Waals surface area contributed by atoms with Crippen LogP contribution in [0.4, 0.5) is 0 Å². The molecular weight excluding hydrogens is 318 g/mol. The zero-order valence-corrected chi connectivity index (χ0v) is 13.8. The van der Waals surface area contributed by atoms with Gasteiger partial charge in [0, 0.05) is 19.7 Å². The average Bonchev–Trinajstić information content (AvgIpc) is 2.92. The summed E-state index contributed by atoms with van der Waals surface area (Å²) in [6.45, 7) is 1.80. The van der Waals surface area contributed by atoms with Crippen molar-refractivity contribution in [3.05, 3.63) is 53.5 Å². The van der Waals surface area contributed by atoms with Gasteiger partial charge in [-0.25, -0.2) is 18.1 Å². The molecule has 1 aromatic carbocycles. The maximum atomic E-state index is 12.1.